The Morgan fingerprint density at radius 2 is 2.15 bits per heavy atom. The Labute approximate surface area is 122 Å². The normalized spacial score (nSPS) is 31.6. The summed E-state index contributed by atoms with van der Waals surface area (Å²) < 4.78 is 0. The molecule has 3 atom stereocenters. The molecular weight excluding hydrogens is 254 g/mol. The fourth-order valence-electron chi connectivity index (χ4n) is 3.65. The summed E-state index contributed by atoms with van der Waals surface area (Å²) in [5.74, 6) is 0.0143. The molecule has 3 unspecified atom stereocenters. The number of likely N-dealkylation sites (N-methyl/N-ethyl adjacent to an activating group) is 1. The summed E-state index contributed by atoms with van der Waals surface area (Å²) >= 11 is 0. The summed E-state index contributed by atoms with van der Waals surface area (Å²) in [6.45, 7) is 6.12. The summed E-state index contributed by atoms with van der Waals surface area (Å²) in [5, 5.41) is 12.2. The highest BCUT2D eigenvalue weighted by Gasteiger charge is 2.36. The smallest absolute Gasteiger partial charge is 0.323 e. The standard InChI is InChI=1S/C15H29N3O2/c1-15(16-2,14(19)20)7-10-18-9-6-13-12(11-18)5-4-8-17(13)3/h12-13,16H,4-11H2,1-3H3,(H,19,20). The first-order chi connectivity index (χ1) is 9.46. The average molecular weight is 283 g/mol. The minimum Gasteiger partial charge on any atom is -0.480 e. The van der Waals surface area contributed by atoms with Gasteiger partial charge in [0.2, 0.25) is 0 Å². The molecule has 2 aliphatic rings. The van der Waals surface area contributed by atoms with Gasteiger partial charge >= 0.3 is 5.97 Å². The van der Waals surface area contributed by atoms with Crippen LogP contribution in [-0.2, 0) is 4.79 Å². The molecule has 2 saturated heterocycles. The fraction of sp³-hybridized carbons (Fsp3) is 0.933. The van der Waals surface area contributed by atoms with E-state index in [0.29, 0.717) is 6.42 Å². The van der Waals surface area contributed by atoms with Gasteiger partial charge in [0.25, 0.3) is 0 Å². The number of likely N-dealkylation sites (tertiary alicyclic amines) is 2. The number of carbonyl (C=O) groups is 1. The monoisotopic (exact) mass is 283 g/mol. The van der Waals surface area contributed by atoms with Crippen LogP contribution < -0.4 is 5.32 Å². The molecule has 0 amide bonds. The second-order valence-corrected chi connectivity index (χ2v) is 6.68. The van der Waals surface area contributed by atoms with Crippen molar-refractivity contribution in [2.24, 2.45) is 5.92 Å². The summed E-state index contributed by atoms with van der Waals surface area (Å²) in [6, 6.07) is 0.746. The zero-order valence-corrected chi connectivity index (χ0v) is 13.1. The van der Waals surface area contributed by atoms with Gasteiger partial charge in [0.15, 0.2) is 0 Å². The maximum Gasteiger partial charge on any atom is 0.323 e. The molecule has 0 aliphatic carbocycles. The number of carboxylic acid groups (broad SMARTS) is 1. The number of fused-ring (bicyclic) bond motifs is 1. The summed E-state index contributed by atoms with van der Waals surface area (Å²) in [5.41, 5.74) is -0.805. The van der Waals surface area contributed by atoms with Crippen LogP contribution in [0.2, 0.25) is 0 Å². The lowest BCUT2D eigenvalue weighted by Crippen LogP contribution is -2.54. The molecule has 5 heteroatoms. The number of piperidine rings is 2. The highest BCUT2D eigenvalue weighted by atomic mass is 16.4. The second-order valence-electron chi connectivity index (χ2n) is 6.68. The highest BCUT2D eigenvalue weighted by Crippen LogP contribution is 2.29. The van der Waals surface area contributed by atoms with Gasteiger partial charge in [-0.25, -0.2) is 0 Å². The molecule has 2 heterocycles. The van der Waals surface area contributed by atoms with E-state index in [1.54, 1.807) is 14.0 Å². The Kier molecular flexibility index (Phi) is 5.04. The molecule has 2 N–H and O–H groups in total. The molecule has 2 rings (SSSR count). The topological polar surface area (TPSA) is 55.8 Å². The first kappa shape index (κ1) is 15.7. The van der Waals surface area contributed by atoms with E-state index in [0.717, 1.165) is 31.6 Å². The Balaban J connectivity index is 1.85. The van der Waals surface area contributed by atoms with Crippen molar-refractivity contribution in [1.82, 2.24) is 15.1 Å². The van der Waals surface area contributed by atoms with Gasteiger partial charge < -0.3 is 20.2 Å². The van der Waals surface area contributed by atoms with Crippen LogP contribution in [0.4, 0.5) is 0 Å². The average Bonchev–Trinajstić information content (AvgIpc) is 2.44. The third kappa shape index (κ3) is 3.32. The molecule has 20 heavy (non-hydrogen) atoms. The van der Waals surface area contributed by atoms with Gasteiger partial charge in [-0.15, -0.1) is 0 Å². The van der Waals surface area contributed by atoms with E-state index >= 15 is 0 Å². The van der Waals surface area contributed by atoms with Crippen molar-refractivity contribution < 1.29 is 9.90 Å². The molecule has 0 bridgehead atoms. The summed E-state index contributed by atoms with van der Waals surface area (Å²) in [4.78, 5) is 16.3. The Bertz CT molecular complexity index is 350. The molecule has 0 radical (unpaired) electrons. The van der Waals surface area contributed by atoms with Crippen LogP contribution in [0.5, 0.6) is 0 Å². The zero-order valence-electron chi connectivity index (χ0n) is 13.1. The highest BCUT2D eigenvalue weighted by molar-refractivity contribution is 5.78. The van der Waals surface area contributed by atoms with Gasteiger partial charge in [-0.05, 0) is 65.7 Å². The van der Waals surface area contributed by atoms with Crippen molar-refractivity contribution in [2.45, 2.75) is 44.2 Å². The number of hydrogen-bond acceptors (Lipinski definition) is 4. The molecule has 2 aliphatic heterocycles. The Hall–Kier alpha value is -0.650. The molecule has 0 aromatic carbocycles. The molecule has 0 saturated carbocycles. The minimum atomic E-state index is -0.805. The van der Waals surface area contributed by atoms with Gasteiger partial charge in [0.1, 0.15) is 5.54 Å². The number of hydrogen-bond donors (Lipinski definition) is 2. The van der Waals surface area contributed by atoms with E-state index in [2.05, 4.69) is 22.2 Å². The third-order valence-electron chi connectivity index (χ3n) is 5.38. The van der Waals surface area contributed by atoms with E-state index < -0.39 is 11.5 Å². The number of nitrogens with one attached hydrogen (secondary N) is 1. The largest absolute Gasteiger partial charge is 0.480 e. The minimum absolute atomic E-state index is 0.659. The van der Waals surface area contributed by atoms with E-state index in [-0.39, 0.29) is 0 Å². The summed E-state index contributed by atoms with van der Waals surface area (Å²) in [6.07, 6.45) is 4.51. The quantitative estimate of drug-likeness (QED) is 0.783. The van der Waals surface area contributed by atoms with Crippen molar-refractivity contribution in [3.05, 3.63) is 0 Å². The molecule has 5 nitrogen and oxygen atoms in total. The summed E-state index contributed by atoms with van der Waals surface area (Å²) in [7, 11) is 3.98. The predicted octanol–water partition coefficient (Wildman–Crippen LogP) is 0.855. The maximum absolute atomic E-state index is 11.3. The molecule has 0 aromatic heterocycles. The van der Waals surface area contributed by atoms with E-state index in [1.807, 2.05) is 0 Å². The number of nitrogens with zero attached hydrogens (tertiary/aromatic N) is 2. The van der Waals surface area contributed by atoms with Gasteiger partial charge in [-0.1, -0.05) is 0 Å². The van der Waals surface area contributed by atoms with Crippen molar-refractivity contribution in [3.8, 4) is 0 Å². The number of carboxylic acids is 1. The number of rotatable bonds is 5. The van der Waals surface area contributed by atoms with E-state index in [4.69, 9.17) is 0 Å². The van der Waals surface area contributed by atoms with Crippen molar-refractivity contribution in [2.75, 3.05) is 40.3 Å². The van der Waals surface area contributed by atoms with Crippen LogP contribution in [0.25, 0.3) is 0 Å². The molecule has 2 fully saturated rings. The Morgan fingerprint density at radius 3 is 2.80 bits per heavy atom. The maximum atomic E-state index is 11.3. The van der Waals surface area contributed by atoms with Gasteiger partial charge in [0.05, 0.1) is 0 Å². The molecular formula is C15H29N3O2. The van der Waals surface area contributed by atoms with Gasteiger partial charge in [0, 0.05) is 19.1 Å². The first-order valence-corrected chi connectivity index (χ1v) is 7.81. The fourth-order valence-corrected chi connectivity index (χ4v) is 3.65. The molecule has 116 valence electrons. The lowest BCUT2D eigenvalue weighted by molar-refractivity contribution is -0.144. The van der Waals surface area contributed by atoms with Crippen LogP contribution in [0, 0.1) is 5.92 Å². The van der Waals surface area contributed by atoms with Crippen molar-refractivity contribution in [1.29, 1.82) is 0 Å². The Morgan fingerprint density at radius 1 is 1.40 bits per heavy atom. The lowest BCUT2D eigenvalue weighted by Gasteiger charge is -2.46. The molecule has 0 aromatic rings. The van der Waals surface area contributed by atoms with Crippen LogP contribution in [-0.4, -0.2) is 72.7 Å². The van der Waals surface area contributed by atoms with Crippen LogP contribution in [0.3, 0.4) is 0 Å². The van der Waals surface area contributed by atoms with E-state index in [9.17, 15) is 9.90 Å². The predicted molar refractivity (Wildman–Crippen MR) is 79.9 cm³/mol. The van der Waals surface area contributed by atoms with Gasteiger partial charge in [-0.2, -0.15) is 0 Å². The zero-order chi connectivity index (χ0) is 14.8. The van der Waals surface area contributed by atoms with Gasteiger partial charge in [-0.3, -0.25) is 4.79 Å². The first-order valence-electron chi connectivity index (χ1n) is 7.81. The van der Waals surface area contributed by atoms with Crippen LogP contribution in [0.15, 0.2) is 0 Å². The van der Waals surface area contributed by atoms with Crippen molar-refractivity contribution in [3.63, 3.8) is 0 Å². The van der Waals surface area contributed by atoms with E-state index in [1.165, 1.54) is 25.8 Å². The SMILES string of the molecule is CNC(C)(CCN1CCC2C(CCCN2C)C1)C(=O)O. The lowest BCUT2D eigenvalue weighted by atomic mass is 9.84. The molecule has 0 spiro atoms. The second kappa shape index (κ2) is 6.41. The van der Waals surface area contributed by atoms with Crippen LogP contribution >= 0.6 is 0 Å². The third-order valence-corrected chi connectivity index (χ3v) is 5.38. The van der Waals surface area contributed by atoms with Crippen LogP contribution in [0.1, 0.15) is 32.6 Å². The van der Waals surface area contributed by atoms with Crippen molar-refractivity contribution >= 4 is 5.97 Å². The number of aliphatic carboxylic acids is 1.